The van der Waals surface area contributed by atoms with Crippen LogP contribution >= 0.6 is 0 Å². The van der Waals surface area contributed by atoms with Gasteiger partial charge in [0.25, 0.3) is 5.91 Å². The van der Waals surface area contributed by atoms with Crippen LogP contribution in [0.5, 0.6) is 0 Å². The Hall–Kier alpha value is -1.78. The number of furan rings is 1. The summed E-state index contributed by atoms with van der Waals surface area (Å²) in [6.45, 7) is 2.58. The molecule has 1 amide bonds. The SMILES string of the molecule is CCc1oc(C(=O)N2CCCC2C2CCCC2)cc1C(=O)O. The molecule has 5 nitrogen and oxygen atoms in total. The summed E-state index contributed by atoms with van der Waals surface area (Å²) in [7, 11) is 0. The van der Waals surface area contributed by atoms with E-state index in [0.717, 1.165) is 19.4 Å². The van der Waals surface area contributed by atoms with Gasteiger partial charge in [-0.2, -0.15) is 0 Å². The molecule has 2 heterocycles. The molecule has 0 spiro atoms. The van der Waals surface area contributed by atoms with Crippen molar-refractivity contribution in [3.63, 3.8) is 0 Å². The Morgan fingerprint density at radius 2 is 2.00 bits per heavy atom. The third-order valence-corrected chi connectivity index (χ3v) is 5.08. The van der Waals surface area contributed by atoms with E-state index in [2.05, 4.69) is 0 Å². The third-order valence-electron chi connectivity index (χ3n) is 5.08. The minimum atomic E-state index is -1.03. The van der Waals surface area contributed by atoms with Gasteiger partial charge in [0.05, 0.1) is 0 Å². The molecule has 1 aromatic heterocycles. The summed E-state index contributed by atoms with van der Waals surface area (Å²) >= 11 is 0. The monoisotopic (exact) mass is 305 g/mol. The number of likely N-dealkylation sites (tertiary alicyclic amines) is 1. The predicted octanol–water partition coefficient (Wildman–Crippen LogP) is 3.34. The number of carbonyl (C=O) groups excluding carboxylic acids is 1. The lowest BCUT2D eigenvalue weighted by Gasteiger charge is -2.28. The number of hydrogen-bond donors (Lipinski definition) is 1. The molecule has 5 heteroatoms. The number of carbonyl (C=O) groups is 2. The van der Waals surface area contributed by atoms with Crippen molar-refractivity contribution in [2.75, 3.05) is 6.54 Å². The molecule has 1 aliphatic carbocycles. The standard InChI is InChI=1S/C17H23NO4/c1-2-14-12(17(20)21)10-15(22-14)16(19)18-9-5-8-13(18)11-6-3-4-7-11/h10-11,13H,2-9H2,1H3,(H,20,21). The van der Waals surface area contributed by atoms with Crippen LogP contribution in [0.3, 0.4) is 0 Å². The van der Waals surface area contributed by atoms with E-state index in [1.54, 1.807) is 0 Å². The van der Waals surface area contributed by atoms with Crippen LogP contribution in [-0.2, 0) is 6.42 Å². The highest BCUT2D eigenvalue weighted by Gasteiger charge is 2.37. The first kappa shape index (κ1) is 15.1. The normalized spacial score (nSPS) is 22.4. The van der Waals surface area contributed by atoms with Crippen LogP contribution in [-0.4, -0.2) is 34.5 Å². The van der Waals surface area contributed by atoms with Crippen LogP contribution < -0.4 is 0 Å². The number of nitrogens with zero attached hydrogens (tertiary/aromatic N) is 1. The Bertz CT molecular complexity index is 571. The van der Waals surface area contributed by atoms with Crippen molar-refractivity contribution in [1.82, 2.24) is 4.90 Å². The van der Waals surface area contributed by atoms with Crippen molar-refractivity contribution in [3.8, 4) is 0 Å². The van der Waals surface area contributed by atoms with Crippen molar-refractivity contribution < 1.29 is 19.1 Å². The molecule has 1 saturated carbocycles. The van der Waals surface area contributed by atoms with Gasteiger partial charge in [-0.05, 0) is 31.6 Å². The molecule has 1 unspecified atom stereocenters. The molecule has 2 aliphatic rings. The highest BCUT2D eigenvalue weighted by atomic mass is 16.4. The molecule has 1 aromatic rings. The lowest BCUT2D eigenvalue weighted by molar-refractivity contribution is 0.0652. The number of carboxylic acid groups (broad SMARTS) is 1. The van der Waals surface area contributed by atoms with Gasteiger partial charge in [-0.15, -0.1) is 0 Å². The van der Waals surface area contributed by atoms with Gasteiger partial charge in [0.1, 0.15) is 11.3 Å². The van der Waals surface area contributed by atoms with E-state index in [9.17, 15) is 14.7 Å². The largest absolute Gasteiger partial charge is 0.478 e. The maximum Gasteiger partial charge on any atom is 0.339 e. The van der Waals surface area contributed by atoms with Gasteiger partial charge in [-0.3, -0.25) is 4.79 Å². The molecule has 1 saturated heterocycles. The van der Waals surface area contributed by atoms with Crippen LogP contribution in [0, 0.1) is 5.92 Å². The van der Waals surface area contributed by atoms with E-state index in [1.165, 1.54) is 31.7 Å². The fourth-order valence-electron chi connectivity index (χ4n) is 4.00. The average Bonchev–Trinajstić information content (AvgIpc) is 3.23. The summed E-state index contributed by atoms with van der Waals surface area (Å²) < 4.78 is 5.54. The fourth-order valence-corrected chi connectivity index (χ4v) is 4.00. The van der Waals surface area contributed by atoms with E-state index < -0.39 is 5.97 Å². The molecule has 3 rings (SSSR count). The summed E-state index contributed by atoms with van der Waals surface area (Å²) in [5, 5.41) is 9.20. The molecular formula is C17H23NO4. The minimum Gasteiger partial charge on any atom is -0.478 e. The first-order valence-corrected chi connectivity index (χ1v) is 8.28. The molecule has 0 radical (unpaired) electrons. The highest BCUT2D eigenvalue weighted by molar-refractivity contribution is 5.96. The Morgan fingerprint density at radius 3 is 2.59 bits per heavy atom. The first-order chi connectivity index (χ1) is 10.6. The zero-order chi connectivity index (χ0) is 15.7. The number of carboxylic acids is 1. The Kier molecular flexibility index (Phi) is 4.23. The topological polar surface area (TPSA) is 70.8 Å². The van der Waals surface area contributed by atoms with E-state index in [-0.39, 0.29) is 17.2 Å². The average molecular weight is 305 g/mol. The Balaban J connectivity index is 1.82. The zero-order valence-electron chi connectivity index (χ0n) is 13.0. The van der Waals surface area contributed by atoms with E-state index in [0.29, 0.717) is 24.1 Å². The molecule has 2 fully saturated rings. The summed E-state index contributed by atoms with van der Waals surface area (Å²) in [5.41, 5.74) is 0.113. The molecule has 0 aromatic carbocycles. The Morgan fingerprint density at radius 1 is 1.27 bits per heavy atom. The molecule has 0 bridgehead atoms. The molecule has 120 valence electrons. The van der Waals surface area contributed by atoms with E-state index >= 15 is 0 Å². The van der Waals surface area contributed by atoms with Crippen molar-refractivity contribution in [2.45, 2.75) is 57.9 Å². The number of rotatable bonds is 4. The second-order valence-electron chi connectivity index (χ2n) is 6.36. The number of amides is 1. The lowest BCUT2D eigenvalue weighted by atomic mass is 9.96. The first-order valence-electron chi connectivity index (χ1n) is 8.28. The van der Waals surface area contributed by atoms with Crippen LogP contribution in [0.4, 0.5) is 0 Å². The van der Waals surface area contributed by atoms with Crippen molar-refractivity contribution in [3.05, 3.63) is 23.2 Å². The predicted molar refractivity (Wildman–Crippen MR) is 81.1 cm³/mol. The number of aryl methyl sites for hydroxylation is 1. The number of hydrogen-bond acceptors (Lipinski definition) is 3. The second-order valence-corrected chi connectivity index (χ2v) is 6.36. The van der Waals surface area contributed by atoms with Crippen LogP contribution in [0.25, 0.3) is 0 Å². The summed E-state index contributed by atoms with van der Waals surface area (Å²) in [6, 6.07) is 1.70. The smallest absolute Gasteiger partial charge is 0.339 e. The Labute approximate surface area is 130 Å². The zero-order valence-corrected chi connectivity index (χ0v) is 13.0. The van der Waals surface area contributed by atoms with Gasteiger partial charge < -0.3 is 14.4 Å². The van der Waals surface area contributed by atoms with Crippen molar-refractivity contribution in [1.29, 1.82) is 0 Å². The summed E-state index contributed by atoms with van der Waals surface area (Å²) in [5.74, 6) is -0.0115. The van der Waals surface area contributed by atoms with Gasteiger partial charge in [-0.1, -0.05) is 19.8 Å². The van der Waals surface area contributed by atoms with Gasteiger partial charge in [0, 0.05) is 25.1 Å². The van der Waals surface area contributed by atoms with E-state index in [4.69, 9.17) is 4.42 Å². The van der Waals surface area contributed by atoms with Crippen molar-refractivity contribution in [2.24, 2.45) is 5.92 Å². The molecule has 1 N–H and O–H groups in total. The minimum absolute atomic E-state index is 0.113. The fraction of sp³-hybridized carbons (Fsp3) is 0.647. The maximum absolute atomic E-state index is 12.8. The van der Waals surface area contributed by atoms with Crippen LogP contribution in [0.15, 0.2) is 10.5 Å². The quantitative estimate of drug-likeness (QED) is 0.926. The molecular weight excluding hydrogens is 282 g/mol. The van der Waals surface area contributed by atoms with Crippen molar-refractivity contribution >= 4 is 11.9 Å². The summed E-state index contributed by atoms with van der Waals surface area (Å²) in [4.78, 5) is 25.9. The second kappa shape index (κ2) is 6.15. The maximum atomic E-state index is 12.8. The van der Waals surface area contributed by atoms with Gasteiger partial charge in [-0.25, -0.2) is 4.79 Å². The van der Waals surface area contributed by atoms with Gasteiger partial charge in [0.15, 0.2) is 5.76 Å². The van der Waals surface area contributed by atoms with Gasteiger partial charge >= 0.3 is 5.97 Å². The molecule has 1 atom stereocenters. The molecule has 22 heavy (non-hydrogen) atoms. The number of aromatic carboxylic acids is 1. The summed E-state index contributed by atoms with van der Waals surface area (Å²) in [6.07, 6.45) is 7.48. The molecule has 1 aliphatic heterocycles. The lowest BCUT2D eigenvalue weighted by Crippen LogP contribution is -2.39. The highest BCUT2D eigenvalue weighted by Crippen LogP contribution is 2.36. The van der Waals surface area contributed by atoms with Gasteiger partial charge in [0.2, 0.25) is 0 Å². The van der Waals surface area contributed by atoms with Crippen LogP contribution in [0.1, 0.15) is 72.1 Å². The van der Waals surface area contributed by atoms with E-state index in [1.807, 2.05) is 11.8 Å². The third kappa shape index (κ3) is 2.64. The van der Waals surface area contributed by atoms with Crippen LogP contribution in [0.2, 0.25) is 0 Å².